The van der Waals surface area contributed by atoms with E-state index in [1.165, 1.54) is 0 Å². The van der Waals surface area contributed by atoms with Gasteiger partial charge in [-0.1, -0.05) is 32.1 Å². The highest BCUT2D eigenvalue weighted by Gasteiger charge is 2.90. The van der Waals surface area contributed by atoms with Crippen LogP contribution in [-0.2, 0) is 14.3 Å². The lowest BCUT2D eigenvalue weighted by atomic mass is 9.91. The molecule has 0 aromatic rings. The van der Waals surface area contributed by atoms with Gasteiger partial charge < -0.3 is 14.3 Å². The molecule has 0 rings (SSSR count). The molecule has 0 amide bonds. The van der Waals surface area contributed by atoms with Crippen LogP contribution in [0.3, 0.4) is 0 Å². The molecule has 1 unspecified atom stereocenters. The first-order valence-corrected chi connectivity index (χ1v) is 12.8. The number of unbranched alkanes of at least 4 members (excludes halogenated alkanes) is 6. The standard InChI is InChI=1S/C24H34F13NO4/c1-38(2,3)14-17(13-18(40)41)42-15-16(39)11-9-7-5-4-6-8-10-12-19(25,26)20(27,28)21(29,30)22(31,32)23(33,34)24(35,36)37/h17H,4-15H2,1-3H3/p+1. The van der Waals surface area contributed by atoms with Crippen molar-refractivity contribution in [2.45, 2.75) is 106 Å². The molecule has 0 aliphatic carbocycles. The summed E-state index contributed by atoms with van der Waals surface area (Å²) in [6.07, 6.45) is -10.2. The number of carbonyl (C=O) groups excluding carboxylic acids is 1. The van der Waals surface area contributed by atoms with Gasteiger partial charge >= 0.3 is 41.8 Å². The van der Waals surface area contributed by atoms with Crippen molar-refractivity contribution in [3.8, 4) is 0 Å². The zero-order chi connectivity index (χ0) is 33.4. The van der Waals surface area contributed by atoms with Crippen LogP contribution in [0.1, 0.15) is 64.2 Å². The van der Waals surface area contributed by atoms with Crippen molar-refractivity contribution in [3.05, 3.63) is 0 Å². The number of ketones is 1. The smallest absolute Gasteiger partial charge is 0.460 e. The van der Waals surface area contributed by atoms with Crippen molar-refractivity contribution < 1.29 is 81.0 Å². The molecule has 5 nitrogen and oxygen atoms in total. The number of likely N-dealkylation sites (N-methyl/N-ethyl adjacent to an activating group) is 1. The van der Waals surface area contributed by atoms with E-state index in [4.69, 9.17) is 9.84 Å². The van der Waals surface area contributed by atoms with Gasteiger partial charge in [0.15, 0.2) is 5.78 Å². The number of ether oxygens (including phenoxy) is 1. The molecule has 250 valence electrons. The summed E-state index contributed by atoms with van der Waals surface area (Å²) in [7, 11) is 5.44. The normalized spacial score (nSPS) is 15.1. The topological polar surface area (TPSA) is 63.6 Å². The Hall–Kier alpha value is -1.85. The number of hydrogen-bond donors (Lipinski definition) is 1. The zero-order valence-electron chi connectivity index (χ0n) is 23.1. The maximum Gasteiger partial charge on any atom is 0.460 e. The molecule has 18 heteroatoms. The molecule has 1 atom stereocenters. The molecule has 0 saturated carbocycles. The van der Waals surface area contributed by atoms with Crippen molar-refractivity contribution in [1.82, 2.24) is 0 Å². The summed E-state index contributed by atoms with van der Waals surface area (Å²) in [5.41, 5.74) is 0. The van der Waals surface area contributed by atoms with Crippen molar-refractivity contribution >= 4 is 11.8 Å². The fourth-order valence-corrected chi connectivity index (χ4v) is 3.78. The van der Waals surface area contributed by atoms with Gasteiger partial charge in [0, 0.05) is 12.8 Å². The molecule has 0 aliphatic rings. The highest BCUT2D eigenvalue weighted by molar-refractivity contribution is 5.79. The number of aliphatic carboxylic acids is 1. The fourth-order valence-electron chi connectivity index (χ4n) is 3.78. The monoisotopic (exact) mass is 648 g/mol. The van der Waals surface area contributed by atoms with Crippen LogP contribution >= 0.6 is 0 Å². The molecule has 0 aromatic carbocycles. The van der Waals surface area contributed by atoms with Gasteiger partial charge in [-0.25, -0.2) is 0 Å². The van der Waals surface area contributed by atoms with Gasteiger partial charge in [-0.3, -0.25) is 9.59 Å². The average Bonchev–Trinajstić information content (AvgIpc) is 2.78. The van der Waals surface area contributed by atoms with Crippen molar-refractivity contribution in [2.24, 2.45) is 0 Å². The van der Waals surface area contributed by atoms with E-state index in [2.05, 4.69) is 0 Å². The summed E-state index contributed by atoms with van der Waals surface area (Å²) in [4.78, 5) is 22.9. The van der Waals surface area contributed by atoms with Crippen LogP contribution in [0.25, 0.3) is 0 Å². The number of carboxylic acids is 1. The maximum atomic E-state index is 13.8. The predicted molar refractivity (Wildman–Crippen MR) is 122 cm³/mol. The number of Topliss-reactive ketones (excluding diaryl/α,β-unsaturated/α-hetero) is 1. The average molecular weight is 649 g/mol. The Bertz CT molecular complexity index is 871. The molecule has 0 bridgehead atoms. The van der Waals surface area contributed by atoms with E-state index in [0.717, 1.165) is 0 Å². The van der Waals surface area contributed by atoms with E-state index in [1.54, 1.807) is 0 Å². The number of nitrogens with zero attached hydrogens (tertiary/aromatic N) is 1. The van der Waals surface area contributed by atoms with Gasteiger partial charge in [0.05, 0.1) is 27.6 Å². The second-order valence-electron chi connectivity index (χ2n) is 11.0. The van der Waals surface area contributed by atoms with Crippen LogP contribution in [0.15, 0.2) is 0 Å². The van der Waals surface area contributed by atoms with E-state index in [0.29, 0.717) is 36.7 Å². The predicted octanol–water partition coefficient (Wildman–Crippen LogP) is 7.37. The zero-order valence-corrected chi connectivity index (χ0v) is 23.1. The molecule has 0 radical (unpaired) electrons. The van der Waals surface area contributed by atoms with Crippen molar-refractivity contribution in [3.63, 3.8) is 0 Å². The summed E-state index contributed by atoms with van der Waals surface area (Å²) < 4.78 is 176. The van der Waals surface area contributed by atoms with E-state index >= 15 is 0 Å². The number of carbonyl (C=O) groups is 2. The minimum Gasteiger partial charge on any atom is -0.481 e. The molecule has 1 N–H and O–H groups in total. The molecule has 0 spiro atoms. The van der Waals surface area contributed by atoms with Crippen LogP contribution in [0, 0.1) is 0 Å². The molecule has 0 fully saturated rings. The lowest BCUT2D eigenvalue weighted by Crippen LogP contribution is -2.70. The van der Waals surface area contributed by atoms with Gasteiger partial charge in [0.2, 0.25) is 0 Å². The summed E-state index contributed by atoms with van der Waals surface area (Å²) in [6, 6.07) is 0. The summed E-state index contributed by atoms with van der Waals surface area (Å²) >= 11 is 0. The molecular weight excluding hydrogens is 613 g/mol. The second-order valence-corrected chi connectivity index (χ2v) is 11.0. The number of quaternary nitrogens is 1. The Morgan fingerprint density at radius 3 is 1.52 bits per heavy atom. The molecular formula is C24H35F13NO4+. The van der Waals surface area contributed by atoms with Crippen molar-refractivity contribution in [1.29, 1.82) is 0 Å². The van der Waals surface area contributed by atoms with E-state index in [-0.39, 0.29) is 38.1 Å². The van der Waals surface area contributed by atoms with Crippen LogP contribution in [0.4, 0.5) is 57.1 Å². The number of hydrogen-bond acceptors (Lipinski definition) is 3. The lowest BCUT2D eigenvalue weighted by molar-refractivity contribution is -0.873. The Morgan fingerprint density at radius 1 is 0.667 bits per heavy atom. The highest BCUT2D eigenvalue weighted by Crippen LogP contribution is 2.60. The Balaban J connectivity index is 4.59. The third-order valence-electron chi connectivity index (χ3n) is 6.08. The van der Waals surface area contributed by atoms with Crippen LogP contribution in [-0.4, -0.2) is 97.5 Å². The van der Waals surface area contributed by atoms with Gasteiger partial charge in [-0.15, -0.1) is 0 Å². The van der Waals surface area contributed by atoms with E-state index < -0.39 is 60.7 Å². The molecule has 0 heterocycles. The third kappa shape index (κ3) is 10.7. The van der Waals surface area contributed by atoms with Crippen molar-refractivity contribution in [2.75, 3.05) is 34.3 Å². The van der Waals surface area contributed by atoms with Gasteiger partial charge in [-0.2, -0.15) is 57.1 Å². The van der Waals surface area contributed by atoms with Gasteiger partial charge in [-0.05, 0) is 12.8 Å². The van der Waals surface area contributed by atoms with E-state index in [9.17, 15) is 66.7 Å². The molecule has 42 heavy (non-hydrogen) atoms. The van der Waals surface area contributed by atoms with Crippen LogP contribution in [0.2, 0.25) is 0 Å². The van der Waals surface area contributed by atoms with Crippen LogP contribution < -0.4 is 0 Å². The number of rotatable bonds is 21. The summed E-state index contributed by atoms with van der Waals surface area (Å²) in [5.74, 6) is -38.0. The maximum absolute atomic E-state index is 13.8. The van der Waals surface area contributed by atoms with Gasteiger partial charge in [0.1, 0.15) is 19.3 Å². The quantitative estimate of drug-likeness (QED) is 0.0803. The minimum atomic E-state index is -7.88. The Labute approximate surface area is 233 Å². The Kier molecular flexibility index (Phi) is 14.1. The molecule has 0 aliphatic heterocycles. The first-order chi connectivity index (χ1) is 18.6. The van der Waals surface area contributed by atoms with E-state index in [1.807, 2.05) is 21.1 Å². The first kappa shape index (κ1) is 40.1. The number of alkyl halides is 13. The molecule has 0 aromatic heterocycles. The largest absolute Gasteiger partial charge is 0.481 e. The van der Waals surface area contributed by atoms with Crippen LogP contribution in [0.5, 0.6) is 0 Å². The Morgan fingerprint density at radius 2 is 1.10 bits per heavy atom. The minimum absolute atomic E-state index is 0.0688. The number of carboxylic acid groups (broad SMARTS) is 1. The molecule has 0 saturated heterocycles. The summed E-state index contributed by atoms with van der Waals surface area (Å²) in [5, 5.41) is 8.95. The number of halogens is 13. The lowest BCUT2D eigenvalue weighted by Gasteiger charge is -2.39. The fraction of sp³-hybridized carbons (Fsp3) is 0.917. The second kappa shape index (κ2) is 14.8. The van der Waals surface area contributed by atoms with Gasteiger partial charge in [0.25, 0.3) is 0 Å². The highest BCUT2D eigenvalue weighted by atomic mass is 19.4. The SMILES string of the molecule is C[N+](C)(C)CC(CC(=O)O)OCC(=O)CCCCCCCCCC(F)(F)C(F)(F)C(F)(F)C(F)(F)C(F)(F)C(F)(F)F. The summed E-state index contributed by atoms with van der Waals surface area (Å²) in [6.45, 7) is 0.0294. The third-order valence-corrected chi connectivity index (χ3v) is 6.08. The first-order valence-electron chi connectivity index (χ1n) is 12.8.